The number of nitrogens with zero attached hydrogens (tertiary/aromatic N) is 1. The molecule has 0 saturated heterocycles. The van der Waals surface area contributed by atoms with E-state index >= 15 is 0 Å². The van der Waals surface area contributed by atoms with Crippen LogP contribution in [-0.2, 0) is 9.59 Å². The number of carbonyl (C=O) groups excluding carboxylic acids is 2. The molecular formula is C13H25NO2S2. The van der Waals surface area contributed by atoms with E-state index < -0.39 is 0 Å². The summed E-state index contributed by atoms with van der Waals surface area (Å²) in [5, 5.41) is 0.491. The molecule has 0 radical (unpaired) electrons. The van der Waals surface area contributed by atoms with Crippen LogP contribution in [0, 0.1) is 5.92 Å². The van der Waals surface area contributed by atoms with Gasteiger partial charge in [0.2, 0.25) is 5.91 Å². The standard InChI is InChI=1S/C13H25NO2S2/c1-9(2)12(18-17-6)7-8-13(16)14(5)10(3)11(4)15/h9-10,12H,7-8H2,1-6H3/t10-,12?/m0/s1. The smallest absolute Gasteiger partial charge is 0.222 e. The predicted octanol–water partition coefficient (Wildman–Crippen LogP) is 3.24. The fourth-order valence-corrected chi connectivity index (χ4v) is 3.93. The lowest BCUT2D eigenvalue weighted by molar-refractivity contribution is -0.136. The molecule has 2 atom stereocenters. The van der Waals surface area contributed by atoms with E-state index in [4.69, 9.17) is 0 Å². The van der Waals surface area contributed by atoms with Crippen molar-refractivity contribution in [1.82, 2.24) is 4.90 Å². The number of likely N-dealkylation sites (N-methyl/N-ethyl adjacent to an activating group) is 1. The van der Waals surface area contributed by atoms with Crippen molar-refractivity contribution < 1.29 is 9.59 Å². The van der Waals surface area contributed by atoms with Gasteiger partial charge in [0, 0.05) is 18.7 Å². The SMILES string of the molecule is CSSC(CCC(=O)N(C)[C@@H](C)C(C)=O)C(C)C. The summed E-state index contributed by atoms with van der Waals surface area (Å²) in [6, 6.07) is -0.316. The Balaban J connectivity index is 4.27. The van der Waals surface area contributed by atoms with E-state index in [1.165, 1.54) is 6.92 Å². The van der Waals surface area contributed by atoms with E-state index in [0.717, 1.165) is 6.42 Å². The monoisotopic (exact) mass is 291 g/mol. The third-order valence-corrected chi connectivity index (χ3v) is 5.71. The largest absolute Gasteiger partial charge is 0.336 e. The average molecular weight is 291 g/mol. The first-order chi connectivity index (χ1) is 8.31. The number of hydrogen-bond donors (Lipinski definition) is 0. The predicted molar refractivity (Wildman–Crippen MR) is 81.9 cm³/mol. The molecule has 0 spiro atoms. The molecule has 0 aliphatic heterocycles. The number of Topliss-reactive ketones (excluding diaryl/α,β-unsaturated/α-hetero) is 1. The van der Waals surface area contributed by atoms with Crippen molar-refractivity contribution in [1.29, 1.82) is 0 Å². The minimum Gasteiger partial charge on any atom is -0.336 e. The number of hydrogen-bond acceptors (Lipinski definition) is 4. The van der Waals surface area contributed by atoms with E-state index in [-0.39, 0.29) is 17.7 Å². The van der Waals surface area contributed by atoms with Gasteiger partial charge in [-0.25, -0.2) is 0 Å². The Bertz CT molecular complexity index is 282. The Morgan fingerprint density at radius 3 is 2.17 bits per heavy atom. The minimum atomic E-state index is -0.316. The molecule has 0 N–H and O–H groups in total. The van der Waals surface area contributed by atoms with Gasteiger partial charge in [-0.2, -0.15) is 0 Å². The van der Waals surface area contributed by atoms with Gasteiger partial charge >= 0.3 is 0 Å². The van der Waals surface area contributed by atoms with Crippen molar-refractivity contribution in [2.75, 3.05) is 13.3 Å². The number of carbonyl (C=O) groups is 2. The molecule has 0 aliphatic rings. The van der Waals surface area contributed by atoms with Gasteiger partial charge in [0.25, 0.3) is 0 Å². The minimum absolute atomic E-state index is 0.0322. The molecule has 0 rings (SSSR count). The second kappa shape index (κ2) is 8.86. The first kappa shape index (κ1) is 17.8. The molecule has 18 heavy (non-hydrogen) atoms. The molecule has 0 aromatic heterocycles. The Morgan fingerprint density at radius 1 is 1.22 bits per heavy atom. The van der Waals surface area contributed by atoms with Crippen molar-refractivity contribution in [3.63, 3.8) is 0 Å². The van der Waals surface area contributed by atoms with Crippen LogP contribution in [0.5, 0.6) is 0 Å². The van der Waals surface area contributed by atoms with Crippen molar-refractivity contribution >= 4 is 33.3 Å². The van der Waals surface area contributed by atoms with E-state index in [9.17, 15) is 9.59 Å². The lowest BCUT2D eigenvalue weighted by Gasteiger charge is -2.24. The average Bonchev–Trinajstić information content (AvgIpc) is 2.31. The molecule has 0 aromatic rings. The second-order valence-corrected chi connectivity index (χ2v) is 7.58. The molecule has 1 unspecified atom stereocenters. The zero-order valence-corrected chi connectivity index (χ0v) is 13.9. The van der Waals surface area contributed by atoms with E-state index in [0.29, 0.717) is 17.6 Å². The summed E-state index contributed by atoms with van der Waals surface area (Å²) in [5.41, 5.74) is 0. The molecule has 106 valence electrons. The highest BCUT2D eigenvalue weighted by molar-refractivity contribution is 8.76. The van der Waals surface area contributed by atoms with Crippen molar-refractivity contribution in [3.8, 4) is 0 Å². The highest BCUT2D eigenvalue weighted by Crippen LogP contribution is 2.32. The van der Waals surface area contributed by atoms with Gasteiger partial charge in [0.1, 0.15) is 0 Å². The molecule has 0 fully saturated rings. The van der Waals surface area contributed by atoms with Gasteiger partial charge in [0.15, 0.2) is 5.78 Å². The Labute approximate surface area is 119 Å². The zero-order chi connectivity index (χ0) is 14.3. The first-order valence-corrected chi connectivity index (χ1v) is 8.88. The van der Waals surface area contributed by atoms with Gasteiger partial charge in [-0.15, -0.1) is 0 Å². The van der Waals surface area contributed by atoms with Gasteiger partial charge in [0.05, 0.1) is 6.04 Å². The molecule has 0 bridgehead atoms. The molecule has 0 saturated carbocycles. The highest BCUT2D eigenvalue weighted by atomic mass is 33.1. The van der Waals surface area contributed by atoms with Gasteiger partial charge in [-0.1, -0.05) is 35.4 Å². The van der Waals surface area contributed by atoms with Crippen LogP contribution in [-0.4, -0.2) is 41.2 Å². The lowest BCUT2D eigenvalue weighted by Crippen LogP contribution is -2.39. The summed E-state index contributed by atoms with van der Waals surface area (Å²) in [4.78, 5) is 24.8. The molecule has 5 heteroatoms. The maximum absolute atomic E-state index is 12.0. The third-order valence-electron chi connectivity index (χ3n) is 3.17. The third kappa shape index (κ3) is 6.14. The summed E-state index contributed by atoms with van der Waals surface area (Å²) in [5.74, 6) is 0.653. The summed E-state index contributed by atoms with van der Waals surface area (Å²) >= 11 is 0. The summed E-state index contributed by atoms with van der Waals surface area (Å²) in [6.07, 6.45) is 3.45. The molecule has 3 nitrogen and oxygen atoms in total. The van der Waals surface area contributed by atoms with Crippen molar-refractivity contribution in [2.45, 2.75) is 51.8 Å². The lowest BCUT2D eigenvalue weighted by atomic mass is 10.0. The van der Waals surface area contributed by atoms with Crippen LogP contribution in [0.4, 0.5) is 0 Å². The van der Waals surface area contributed by atoms with Crippen LogP contribution >= 0.6 is 21.6 Å². The summed E-state index contributed by atoms with van der Waals surface area (Å²) in [6.45, 7) is 7.66. The van der Waals surface area contributed by atoms with Gasteiger partial charge < -0.3 is 4.90 Å². The highest BCUT2D eigenvalue weighted by Gasteiger charge is 2.21. The topological polar surface area (TPSA) is 37.4 Å². The van der Waals surface area contributed by atoms with Gasteiger partial charge in [-0.05, 0) is 32.4 Å². The Hall–Kier alpha value is -0.160. The molecular weight excluding hydrogens is 266 g/mol. The molecule has 0 aromatic carbocycles. The van der Waals surface area contributed by atoms with Crippen LogP contribution in [0.15, 0.2) is 0 Å². The van der Waals surface area contributed by atoms with Gasteiger partial charge in [-0.3, -0.25) is 9.59 Å². The number of ketones is 1. The Morgan fingerprint density at radius 2 is 1.78 bits per heavy atom. The second-order valence-electron chi connectivity index (χ2n) is 4.88. The van der Waals surface area contributed by atoms with Crippen LogP contribution in [0.1, 0.15) is 40.5 Å². The normalized spacial score (nSPS) is 14.4. The number of amides is 1. The fourth-order valence-electron chi connectivity index (χ4n) is 1.55. The zero-order valence-electron chi connectivity index (χ0n) is 12.2. The quantitative estimate of drug-likeness (QED) is 0.643. The molecule has 1 amide bonds. The molecule has 0 heterocycles. The summed E-state index contributed by atoms with van der Waals surface area (Å²) < 4.78 is 0. The van der Waals surface area contributed by atoms with Crippen LogP contribution < -0.4 is 0 Å². The maximum atomic E-state index is 12.0. The molecule has 0 aliphatic carbocycles. The van der Waals surface area contributed by atoms with E-state index in [1.54, 1.807) is 29.7 Å². The van der Waals surface area contributed by atoms with Crippen LogP contribution in [0.25, 0.3) is 0 Å². The van der Waals surface area contributed by atoms with Crippen molar-refractivity contribution in [2.24, 2.45) is 5.92 Å². The van der Waals surface area contributed by atoms with Crippen LogP contribution in [0.2, 0.25) is 0 Å². The van der Waals surface area contributed by atoms with Crippen molar-refractivity contribution in [3.05, 3.63) is 0 Å². The number of rotatable bonds is 8. The van der Waals surface area contributed by atoms with Crippen LogP contribution in [0.3, 0.4) is 0 Å². The summed E-state index contributed by atoms with van der Waals surface area (Å²) in [7, 11) is 5.29. The first-order valence-electron chi connectivity index (χ1n) is 6.26. The Kier molecular flexibility index (Phi) is 8.78. The maximum Gasteiger partial charge on any atom is 0.222 e. The van der Waals surface area contributed by atoms with E-state index in [1.807, 2.05) is 10.8 Å². The fraction of sp³-hybridized carbons (Fsp3) is 0.846. The van der Waals surface area contributed by atoms with E-state index in [2.05, 4.69) is 20.1 Å².